The molecule has 0 saturated carbocycles. The van der Waals surface area contributed by atoms with E-state index >= 15 is 0 Å². The first kappa shape index (κ1) is 18.4. The molecule has 0 bridgehead atoms. The standard InChI is InChI=1S/C20H25N5S/c1-16(18-5-3-2-4-6-18)24-11-13-25(14-12-24)19-9-7-17(8-10-19)15-22-23-20(21)26/h2-10,15-16H,11-14H2,1H3,(H3,21,23,26)/b22-15+. The molecule has 1 heterocycles. The quantitative estimate of drug-likeness (QED) is 0.483. The molecule has 3 rings (SSSR count). The van der Waals surface area contributed by atoms with E-state index in [4.69, 9.17) is 18.0 Å². The van der Waals surface area contributed by atoms with Gasteiger partial charge in [-0.2, -0.15) is 5.10 Å². The first-order valence-electron chi connectivity index (χ1n) is 8.86. The highest BCUT2D eigenvalue weighted by atomic mass is 32.1. The van der Waals surface area contributed by atoms with Gasteiger partial charge < -0.3 is 10.6 Å². The van der Waals surface area contributed by atoms with Crippen LogP contribution in [0.2, 0.25) is 0 Å². The smallest absolute Gasteiger partial charge is 0.184 e. The molecular formula is C20H25N5S. The number of benzene rings is 2. The van der Waals surface area contributed by atoms with Crippen molar-refractivity contribution >= 4 is 29.2 Å². The number of piperazine rings is 1. The van der Waals surface area contributed by atoms with Crippen molar-refractivity contribution in [2.75, 3.05) is 31.1 Å². The van der Waals surface area contributed by atoms with Crippen LogP contribution in [0, 0.1) is 0 Å². The van der Waals surface area contributed by atoms with E-state index in [0.29, 0.717) is 6.04 Å². The van der Waals surface area contributed by atoms with Gasteiger partial charge in [-0.05, 0) is 42.4 Å². The van der Waals surface area contributed by atoms with Crippen LogP contribution in [0.3, 0.4) is 0 Å². The lowest BCUT2D eigenvalue weighted by atomic mass is 10.1. The fraction of sp³-hybridized carbons (Fsp3) is 0.300. The summed E-state index contributed by atoms with van der Waals surface area (Å²) < 4.78 is 0. The third-order valence-corrected chi connectivity index (χ3v) is 4.88. The Bertz CT molecular complexity index is 737. The lowest BCUT2D eigenvalue weighted by molar-refractivity contribution is 0.198. The maximum Gasteiger partial charge on any atom is 0.184 e. The van der Waals surface area contributed by atoms with Crippen molar-refractivity contribution < 1.29 is 0 Å². The molecule has 26 heavy (non-hydrogen) atoms. The van der Waals surface area contributed by atoms with Crippen molar-refractivity contribution in [3.63, 3.8) is 0 Å². The predicted molar refractivity (Wildman–Crippen MR) is 113 cm³/mol. The van der Waals surface area contributed by atoms with Gasteiger partial charge in [0.25, 0.3) is 0 Å². The Morgan fingerprint density at radius 2 is 1.73 bits per heavy atom. The molecule has 1 fully saturated rings. The van der Waals surface area contributed by atoms with E-state index in [9.17, 15) is 0 Å². The summed E-state index contributed by atoms with van der Waals surface area (Å²) in [6.45, 7) is 6.50. The lowest BCUT2D eigenvalue weighted by Crippen LogP contribution is -2.47. The molecule has 2 aromatic carbocycles. The second-order valence-electron chi connectivity index (χ2n) is 6.44. The molecule has 6 heteroatoms. The number of nitrogens with one attached hydrogen (secondary N) is 1. The second kappa shape index (κ2) is 8.78. The van der Waals surface area contributed by atoms with E-state index in [1.807, 2.05) is 0 Å². The van der Waals surface area contributed by atoms with Gasteiger partial charge in [0.1, 0.15) is 0 Å². The maximum absolute atomic E-state index is 5.34. The van der Waals surface area contributed by atoms with Crippen LogP contribution in [0.1, 0.15) is 24.1 Å². The van der Waals surface area contributed by atoms with Gasteiger partial charge >= 0.3 is 0 Å². The summed E-state index contributed by atoms with van der Waals surface area (Å²) in [6, 6.07) is 19.6. The molecule has 1 aliphatic rings. The van der Waals surface area contributed by atoms with Crippen LogP contribution in [-0.4, -0.2) is 42.4 Å². The summed E-state index contributed by atoms with van der Waals surface area (Å²) in [4.78, 5) is 4.98. The largest absolute Gasteiger partial charge is 0.375 e. The second-order valence-corrected chi connectivity index (χ2v) is 6.88. The Morgan fingerprint density at radius 3 is 2.35 bits per heavy atom. The Labute approximate surface area is 160 Å². The molecule has 136 valence electrons. The molecule has 0 radical (unpaired) electrons. The minimum Gasteiger partial charge on any atom is -0.375 e. The molecule has 0 aromatic heterocycles. The topological polar surface area (TPSA) is 56.9 Å². The average Bonchev–Trinajstić information content (AvgIpc) is 2.68. The van der Waals surface area contributed by atoms with E-state index in [1.165, 1.54) is 11.3 Å². The molecule has 0 aliphatic carbocycles. The van der Waals surface area contributed by atoms with Crippen molar-refractivity contribution in [1.29, 1.82) is 0 Å². The fourth-order valence-electron chi connectivity index (χ4n) is 3.25. The van der Waals surface area contributed by atoms with Gasteiger partial charge in [0, 0.05) is 37.9 Å². The monoisotopic (exact) mass is 367 g/mol. The normalized spacial score (nSPS) is 16.6. The molecule has 0 spiro atoms. The summed E-state index contributed by atoms with van der Waals surface area (Å²) in [5.74, 6) is 0. The first-order chi connectivity index (χ1) is 12.6. The molecule has 2 aromatic rings. The molecule has 1 saturated heterocycles. The van der Waals surface area contributed by atoms with Gasteiger partial charge in [0.2, 0.25) is 0 Å². The highest BCUT2D eigenvalue weighted by Gasteiger charge is 2.22. The van der Waals surface area contributed by atoms with E-state index in [-0.39, 0.29) is 5.11 Å². The molecule has 3 N–H and O–H groups in total. The van der Waals surface area contributed by atoms with Crippen LogP contribution in [-0.2, 0) is 0 Å². The van der Waals surface area contributed by atoms with Gasteiger partial charge in [-0.1, -0.05) is 42.5 Å². The number of hydrazone groups is 1. The summed E-state index contributed by atoms with van der Waals surface area (Å²) in [6.07, 6.45) is 1.71. The predicted octanol–water partition coefficient (Wildman–Crippen LogP) is 2.74. The third kappa shape index (κ3) is 4.80. The molecule has 5 nitrogen and oxygen atoms in total. The maximum atomic E-state index is 5.34. The Morgan fingerprint density at radius 1 is 1.08 bits per heavy atom. The van der Waals surface area contributed by atoms with Crippen LogP contribution in [0.15, 0.2) is 59.7 Å². The number of thiocarbonyl (C=S) groups is 1. The van der Waals surface area contributed by atoms with Crippen LogP contribution in [0.4, 0.5) is 5.69 Å². The molecular weight excluding hydrogens is 342 g/mol. The number of nitrogens with two attached hydrogens (primary N) is 1. The third-order valence-electron chi connectivity index (χ3n) is 4.79. The average molecular weight is 368 g/mol. The number of hydrogen-bond acceptors (Lipinski definition) is 4. The summed E-state index contributed by atoms with van der Waals surface area (Å²) >= 11 is 4.72. The van der Waals surface area contributed by atoms with Crippen molar-refractivity contribution in [3.8, 4) is 0 Å². The highest BCUT2D eigenvalue weighted by Crippen LogP contribution is 2.23. The SMILES string of the molecule is CC(c1ccccc1)N1CCN(c2ccc(/C=N/NC(N)=S)cc2)CC1. The molecule has 1 atom stereocenters. The Kier molecular flexibility index (Phi) is 6.20. The molecule has 1 aliphatic heterocycles. The lowest BCUT2D eigenvalue weighted by Gasteiger charge is -2.39. The van der Waals surface area contributed by atoms with Crippen LogP contribution in [0.25, 0.3) is 0 Å². The van der Waals surface area contributed by atoms with E-state index in [1.54, 1.807) is 6.21 Å². The minimum atomic E-state index is 0.167. The zero-order valence-corrected chi connectivity index (χ0v) is 15.8. The first-order valence-corrected chi connectivity index (χ1v) is 9.27. The van der Waals surface area contributed by atoms with Crippen LogP contribution < -0.4 is 16.1 Å². The number of anilines is 1. The summed E-state index contributed by atoms with van der Waals surface area (Å²) in [5, 5.41) is 4.15. The van der Waals surface area contributed by atoms with Gasteiger partial charge in [-0.15, -0.1) is 0 Å². The van der Waals surface area contributed by atoms with Crippen molar-refractivity contribution in [2.24, 2.45) is 10.8 Å². The number of hydrogen-bond donors (Lipinski definition) is 2. The zero-order chi connectivity index (χ0) is 18.4. The zero-order valence-electron chi connectivity index (χ0n) is 15.0. The molecule has 0 amide bonds. The number of rotatable bonds is 5. The van der Waals surface area contributed by atoms with Crippen molar-refractivity contribution in [3.05, 3.63) is 65.7 Å². The van der Waals surface area contributed by atoms with Crippen molar-refractivity contribution in [2.45, 2.75) is 13.0 Å². The van der Waals surface area contributed by atoms with Crippen LogP contribution in [0.5, 0.6) is 0 Å². The molecule has 1 unspecified atom stereocenters. The Hall–Kier alpha value is -2.44. The van der Waals surface area contributed by atoms with Crippen LogP contribution >= 0.6 is 12.2 Å². The van der Waals surface area contributed by atoms with Gasteiger partial charge in [-0.25, -0.2) is 0 Å². The Balaban J connectivity index is 1.54. The van der Waals surface area contributed by atoms with Gasteiger partial charge in [0.05, 0.1) is 6.21 Å². The highest BCUT2D eigenvalue weighted by molar-refractivity contribution is 7.80. The summed E-state index contributed by atoms with van der Waals surface area (Å²) in [5.41, 5.74) is 11.5. The summed E-state index contributed by atoms with van der Waals surface area (Å²) in [7, 11) is 0. The van der Waals surface area contributed by atoms with Gasteiger partial charge in [-0.3, -0.25) is 10.3 Å². The van der Waals surface area contributed by atoms with E-state index < -0.39 is 0 Å². The number of nitrogens with zero attached hydrogens (tertiary/aromatic N) is 3. The van der Waals surface area contributed by atoms with Crippen molar-refractivity contribution in [1.82, 2.24) is 10.3 Å². The fourth-order valence-corrected chi connectivity index (χ4v) is 3.30. The van der Waals surface area contributed by atoms with E-state index in [0.717, 1.165) is 31.7 Å². The van der Waals surface area contributed by atoms with Gasteiger partial charge in [0.15, 0.2) is 5.11 Å². The minimum absolute atomic E-state index is 0.167. The van der Waals surface area contributed by atoms with E-state index in [2.05, 4.69) is 81.8 Å².